The summed E-state index contributed by atoms with van der Waals surface area (Å²) in [5, 5.41) is 4.31. The lowest BCUT2D eigenvalue weighted by atomic mass is 9.97. The summed E-state index contributed by atoms with van der Waals surface area (Å²) >= 11 is 9.88. The summed E-state index contributed by atoms with van der Waals surface area (Å²) in [5.41, 5.74) is 3.75. The number of hydrogen-bond acceptors (Lipinski definition) is 1. The minimum Gasteiger partial charge on any atom is -0.306 e. The molecule has 0 amide bonds. The normalized spacial score (nSPS) is 12.4. The summed E-state index contributed by atoms with van der Waals surface area (Å²) in [6.07, 6.45) is 2.31. The van der Waals surface area contributed by atoms with E-state index < -0.39 is 0 Å². The van der Waals surface area contributed by atoms with Gasteiger partial charge in [-0.1, -0.05) is 78.1 Å². The Morgan fingerprint density at radius 1 is 1.10 bits per heavy atom. The van der Waals surface area contributed by atoms with Crippen LogP contribution in [0, 0.1) is 0 Å². The third kappa shape index (κ3) is 4.32. The van der Waals surface area contributed by atoms with E-state index in [2.05, 4.69) is 65.4 Å². The van der Waals surface area contributed by atoms with Gasteiger partial charge in [-0.3, -0.25) is 0 Å². The van der Waals surface area contributed by atoms with E-state index in [0.717, 1.165) is 28.0 Å². The van der Waals surface area contributed by atoms with E-state index >= 15 is 0 Å². The summed E-state index contributed by atoms with van der Waals surface area (Å²) in [5.74, 6) is 0. The molecule has 0 fully saturated rings. The van der Waals surface area contributed by atoms with Gasteiger partial charge in [-0.2, -0.15) is 0 Å². The van der Waals surface area contributed by atoms with Crippen molar-refractivity contribution in [3.05, 3.63) is 68.7 Å². The van der Waals surface area contributed by atoms with Gasteiger partial charge in [0.2, 0.25) is 0 Å². The Bertz CT molecular complexity index is 580. The van der Waals surface area contributed by atoms with Gasteiger partial charge in [-0.15, -0.1) is 0 Å². The fraction of sp³-hybridized carbons (Fsp3) is 0.333. The highest BCUT2D eigenvalue weighted by Gasteiger charge is 2.16. The Labute approximate surface area is 140 Å². The highest BCUT2D eigenvalue weighted by Crippen LogP contribution is 2.30. The Morgan fingerprint density at radius 3 is 2.38 bits per heavy atom. The molecule has 0 aliphatic carbocycles. The second-order valence-corrected chi connectivity index (χ2v) is 6.47. The highest BCUT2D eigenvalue weighted by molar-refractivity contribution is 9.10. The Hall–Kier alpha value is -0.830. The maximum absolute atomic E-state index is 6.42. The monoisotopic (exact) mass is 365 g/mol. The van der Waals surface area contributed by atoms with Crippen molar-refractivity contribution in [2.75, 3.05) is 6.54 Å². The molecule has 0 heterocycles. The molecule has 0 saturated carbocycles. The fourth-order valence-electron chi connectivity index (χ4n) is 2.51. The number of aryl methyl sites for hydroxylation is 1. The molecule has 0 spiro atoms. The zero-order chi connectivity index (χ0) is 15.2. The molecule has 0 aromatic heterocycles. The van der Waals surface area contributed by atoms with Crippen molar-refractivity contribution in [2.24, 2.45) is 0 Å². The van der Waals surface area contributed by atoms with Crippen LogP contribution in [0.1, 0.15) is 43.0 Å². The molecule has 0 bridgehead atoms. The van der Waals surface area contributed by atoms with Gasteiger partial charge in [0.15, 0.2) is 0 Å². The first-order valence-electron chi connectivity index (χ1n) is 7.42. The minimum absolute atomic E-state index is 0.131. The average molecular weight is 367 g/mol. The van der Waals surface area contributed by atoms with Crippen LogP contribution in [0.2, 0.25) is 5.02 Å². The molecule has 1 nitrogen and oxygen atoms in total. The summed E-state index contributed by atoms with van der Waals surface area (Å²) in [6.45, 7) is 5.22. The standard InChI is InChI=1S/C18H21BrClN/c1-3-5-13-6-8-14(9-7-13)18(21-4-2)16-11-10-15(19)12-17(16)20/h6-12,18,21H,3-5H2,1-2H3. The summed E-state index contributed by atoms with van der Waals surface area (Å²) in [4.78, 5) is 0. The summed E-state index contributed by atoms with van der Waals surface area (Å²) in [6, 6.07) is 15.1. The quantitative estimate of drug-likeness (QED) is 0.686. The van der Waals surface area contributed by atoms with Gasteiger partial charge >= 0.3 is 0 Å². The summed E-state index contributed by atoms with van der Waals surface area (Å²) < 4.78 is 1.00. The first-order valence-corrected chi connectivity index (χ1v) is 8.60. The number of nitrogens with one attached hydrogen (secondary N) is 1. The van der Waals surface area contributed by atoms with E-state index in [4.69, 9.17) is 11.6 Å². The number of benzene rings is 2. The number of halogens is 2. The van der Waals surface area contributed by atoms with Crippen LogP contribution in [-0.4, -0.2) is 6.54 Å². The number of hydrogen-bond donors (Lipinski definition) is 1. The van der Waals surface area contributed by atoms with Gasteiger partial charge in [-0.05, 0) is 41.8 Å². The molecule has 0 aliphatic heterocycles. The van der Waals surface area contributed by atoms with Gasteiger partial charge in [0, 0.05) is 9.50 Å². The van der Waals surface area contributed by atoms with Gasteiger partial charge in [0.25, 0.3) is 0 Å². The zero-order valence-corrected chi connectivity index (χ0v) is 14.8. The van der Waals surface area contributed by atoms with Crippen molar-refractivity contribution < 1.29 is 0 Å². The van der Waals surface area contributed by atoms with Crippen LogP contribution in [0.3, 0.4) is 0 Å². The predicted molar refractivity (Wildman–Crippen MR) is 95.1 cm³/mol. The molecule has 1 N–H and O–H groups in total. The second-order valence-electron chi connectivity index (χ2n) is 5.15. The average Bonchev–Trinajstić information content (AvgIpc) is 2.47. The zero-order valence-electron chi connectivity index (χ0n) is 12.5. The summed E-state index contributed by atoms with van der Waals surface area (Å²) in [7, 11) is 0. The van der Waals surface area contributed by atoms with Crippen molar-refractivity contribution in [1.29, 1.82) is 0 Å². The third-order valence-corrected chi connectivity index (χ3v) is 4.35. The van der Waals surface area contributed by atoms with Crippen molar-refractivity contribution in [2.45, 2.75) is 32.7 Å². The molecule has 112 valence electrons. The minimum atomic E-state index is 0.131. The largest absolute Gasteiger partial charge is 0.306 e. The van der Waals surface area contributed by atoms with Crippen LogP contribution < -0.4 is 5.32 Å². The Morgan fingerprint density at radius 2 is 1.81 bits per heavy atom. The van der Waals surface area contributed by atoms with Crippen LogP contribution in [0.4, 0.5) is 0 Å². The maximum Gasteiger partial charge on any atom is 0.0591 e. The van der Waals surface area contributed by atoms with E-state index in [-0.39, 0.29) is 6.04 Å². The molecule has 21 heavy (non-hydrogen) atoms. The Balaban J connectivity index is 2.33. The van der Waals surface area contributed by atoms with Crippen molar-refractivity contribution >= 4 is 27.5 Å². The molecule has 1 atom stereocenters. The van der Waals surface area contributed by atoms with Crippen molar-refractivity contribution in [1.82, 2.24) is 5.32 Å². The van der Waals surface area contributed by atoms with Gasteiger partial charge < -0.3 is 5.32 Å². The molecule has 2 rings (SSSR count). The van der Waals surface area contributed by atoms with Crippen molar-refractivity contribution in [3.63, 3.8) is 0 Å². The lowest BCUT2D eigenvalue weighted by Crippen LogP contribution is -2.22. The van der Waals surface area contributed by atoms with Gasteiger partial charge in [0.1, 0.15) is 0 Å². The topological polar surface area (TPSA) is 12.0 Å². The SMILES string of the molecule is CCCc1ccc(C(NCC)c2ccc(Br)cc2Cl)cc1. The molecule has 1 unspecified atom stereocenters. The van der Waals surface area contributed by atoms with E-state index in [0.29, 0.717) is 0 Å². The third-order valence-electron chi connectivity index (χ3n) is 3.53. The lowest BCUT2D eigenvalue weighted by Gasteiger charge is -2.20. The van der Waals surface area contributed by atoms with Gasteiger partial charge in [-0.25, -0.2) is 0 Å². The predicted octanol–water partition coefficient (Wildman–Crippen LogP) is 5.75. The lowest BCUT2D eigenvalue weighted by molar-refractivity contribution is 0.630. The van der Waals surface area contributed by atoms with E-state index in [1.807, 2.05) is 12.1 Å². The maximum atomic E-state index is 6.42. The van der Waals surface area contributed by atoms with E-state index in [9.17, 15) is 0 Å². The highest BCUT2D eigenvalue weighted by atomic mass is 79.9. The molecule has 3 heteroatoms. The van der Waals surface area contributed by atoms with Crippen LogP contribution in [0.5, 0.6) is 0 Å². The van der Waals surface area contributed by atoms with Crippen molar-refractivity contribution in [3.8, 4) is 0 Å². The molecular formula is C18H21BrClN. The van der Waals surface area contributed by atoms with Crippen LogP contribution in [0.15, 0.2) is 46.9 Å². The fourth-order valence-corrected chi connectivity index (χ4v) is 3.30. The molecular weight excluding hydrogens is 346 g/mol. The smallest absolute Gasteiger partial charge is 0.0591 e. The molecule has 0 radical (unpaired) electrons. The molecule has 2 aromatic rings. The Kier molecular flexibility index (Phi) is 6.28. The van der Waals surface area contributed by atoms with Crippen LogP contribution >= 0.6 is 27.5 Å². The van der Waals surface area contributed by atoms with Crippen LogP contribution in [0.25, 0.3) is 0 Å². The molecule has 0 aliphatic rings. The molecule has 0 saturated heterocycles. The second kappa shape index (κ2) is 7.98. The van der Waals surface area contributed by atoms with E-state index in [1.54, 1.807) is 0 Å². The first-order chi connectivity index (χ1) is 10.2. The van der Waals surface area contributed by atoms with E-state index in [1.165, 1.54) is 17.5 Å². The number of rotatable bonds is 6. The first kappa shape index (κ1) is 16.5. The van der Waals surface area contributed by atoms with Crippen LogP contribution in [-0.2, 0) is 6.42 Å². The molecule has 2 aromatic carbocycles. The van der Waals surface area contributed by atoms with Gasteiger partial charge in [0.05, 0.1) is 6.04 Å².